The first-order valence-corrected chi connectivity index (χ1v) is 7.62. The summed E-state index contributed by atoms with van der Waals surface area (Å²) in [6.07, 6.45) is 0. The molecule has 0 spiro atoms. The van der Waals surface area contributed by atoms with Crippen LogP contribution in [-0.2, 0) is 16.1 Å². The number of hydrogen-bond acceptors (Lipinski definition) is 5. The summed E-state index contributed by atoms with van der Waals surface area (Å²) in [5.74, 6) is 2.16. The molecule has 1 aliphatic heterocycles. The van der Waals surface area contributed by atoms with Crippen molar-refractivity contribution in [2.45, 2.75) is 6.54 Å². The van der Waals surface area contributed by atoms with Gasteiger partial charge in [-0.1, -0.05) is 6.07 Å². The number of methoxy groups -OCH3 is 2. The molecule has 1 heterocycles. The van der Waals surface area contributed by atoms with Crippen molar-refractivity contribution >= 4 is 23.6 Å². The van der Waals surface area contributed by atoms with Gasteiger partial charge in [0, 0.05) is 6.54 Å². The van der Waals surface area contributed by atoms with Crippen molar-refractivity contribution in [3.05, 3.63) is 23.8 Å². The number of amides is 2. The Morgan fingerprint density at radius 1 is 1.33 bits per heavy atom. The number of carbonyl (C=O) groups is 2. The summed E-state index contributed by atoms with van der Waals surface area (Å²) in [6, 6.07) is 5.47. The second kappa shape index (κ2) is 7.21. The Bertz CT molecular complexity index is 536. The van der Waals surface area contributed by atoms with Crippen LogP contribution in [0.4, 0.5) is 0 Å². The number of carbonyl (C=O) groups excluding carboxylic acids is 2. The lowest BCUT2D eigenvalue weighted by Crippen LogP contribution is -2.37. The molecule has 1 N–H and O–H groups in total. The molecule has 21 heavy (non-hydrogen) atoms. The number of ether oxygens (including phenoxy) is 2. The van der Waals surface area contributed by atoms with Crippen LogP contribution in [0.2, 0.25) is 0 Å². The van der Waals surface area contributed by atoms with Crippen LogP contribution >= 0.6 is 11.8 Å². The van der Waals surface area contributed by atoms with Gasteiger partial charge in [-0.25, -0.2) is 0 Å². The lowest BCUT2D eigenvalue weighted by atomic mass is 10.2. The van der Waals surface area contributed by atoms with E-state index in [1.54, 1.807) is 25.2 Å². The predicted octanol–water partition coefficient (Wildman–Crippen LogP) is 0.853. The van der Waals surface area contributed by atoms with Gasteiger partial charge in [-0.05, 0) is 17.7 Å². The Kier molecular flexibility index (Phi) is 5.32. The van der Waals surface area contributed by atoms with E-state index in [1.165, 1.54) is 11.8 Å². The maximum absolute atomic E-state index is 11.8. The fraction of sp³-hybridized carbons (Fsp3) is 0.429. The molecule has 7 heteroatoms. The van der Waals surface area contributed by atoms with E-state index in [4.69, 9.17) is 9.47 Å². The summed E-state index contributed by atoms with van der Waals surface area (Å²) in [5, 5.41) is 2.80. The molecule has 6 nitrogen and oxygen atoms in total. The smallest absolute Gasteiger partial charge is 0.239 e. The van der Waals surface area contributed by atoms with E-state index in [1.807, 2.05) is 12.1 Å². The lowest BCUT2D eigenvalue weighted by molar-refractivity contribution is -0.132. The van der Waals surface area contributed by atoms with E-state index in [-0.39, 0.29) is 18.4 Å². The van der Waals surface area contributed by atoms with Crippen LogP contribution in [0.3, 0.4) is 0 Å². The van der Waals surface area contributed by atoms with Crippen LogP contribution in [0.1, 0.15) is 5.56 Å². The minimum absolute atomic E-state index is 0.0151. The number of thioether (sulfide) groups is 1. The van der Waals surface area contributed by atoms with Gasteiger partial charge in [-0.15, -0.1) is 11.8 Å². The highest BCUT2D eigenvalue weighted by Crippen LogP contribution is 2.27. The maximum atomic E-state index is 11.8. The molecule has 0 saturated carbocycles. The zero-order valence-electron chi connectivity index (χ0n) is 12.0. The third-order valence-corrected chi connectivity index (χ3v) is 4.04. The lowest BCUT2D eigenvalue weighted by Gasteiger charge is -2.14. The summed E-state index contributed by atoms with van der Waals surface area (Å²) in [7, 11) is 3.14. The van der Waals surface area contributed by atoms with Crippen LogP contribution < -0.4 is 14.8 Å². The van der Waals surface area contributed by atoms with Crippen molar-refractivity contribution in [1.82, 2.24) is 10.2 Å². The third kappa shape index (κ3) is 4.04. The molecule has 0 aliphatic carbocycles. The fourth-order valence-electron chi connectivity index (χ4n) is 1.96. The molecule has 0 unspecified atom stereocenters. The quantitative estimate of drug-likeness (QED) is 0.844. The van der Waals surface area contributed by atoms with Crippen LogP contribution in [0.25, 0.3) is 0 Å². The summed E-state index contributed by atoms with van der Waals surface area (Å²) in [5.41, 5.74) is 0.906. The molecule has 0 aromatic heterocycles. The molecule has 1 saturated heterocycles. The molecule has 2 rings (SSSR count). The normalized spacial score (nSPS) is 14.2. The molecule has 114 valence electrons. The number of nitrogens with zero attached hydrogens (tertiary/aromatic N) is 1. The van der Waals surface area contributed by atoms with Crippen LogP contribution in [0, 0.1) is 0 Å². The highest BCUT2D eigenvalue weighted by Gasteiger charge is 2.22. The number of nitrogens with one attached hydrogen (secondary N) is 1. The molecule has 0 radical (unpaired) electrons. The number of benzene rings is 1. The van der Waals surface area contributed by atoms with Gasteiger partial charge in [-0.2, -0.15) is 0 Å². The minimum atomic E-state index is -0.166. The molecule has 0 bridgehead atoms. The molecular formula is C14H18N2O4S. The summed E-state index contributed by atoms with van der Waals surface area (Å²) < 4.78 is 10.4. The van der Waals surface area contributed by atoms with Crippen molar-refractivity contribution in [1.29, 1.82) is 0 Å². The first-order valence-electron chi connectivity index (χ1n) is 6.47. The van der Waals surface area contributed by atoms with Crippen molar-refractivity contribution in [2.75, 3.05) is 32.4 Å². The van der Waals surface area contributed by atoms with E-state index in [0.717, 1.165) is 5.56 Å². The average molecular weight is 310 g/mol. The van der Waals surface area contributed by atoms with Gasteiger partial charge < -0.3 is 19.7 Å². The number of hydrogen-bond donors (Lipinski definition) is 1. The van der Waals surface area contributed by atoms with E-state index in [9.17, 15) is 9.59 Å². The number of rotatable bonds is 6. The monoisotopic (exact) mass is 310 g/mol. The topological polar surface area (TPSA) is 67.9 Å². The average Bonchev–Trinajstić information content (AvgIpc) is 2.90. The van der Waals surface area contributed by atoms with Crippen molar-refractivity contribution in [2.24, 2.45) is 0 Å². The van der Waals surface area contributed by atoms with Crippen molar-refractivity contribution in [3.8, 4) is 11.5 Å². The van der Waals surface area contributed by atoms with Gasteiger partial charge in [-0.3, -0.25) is 9.59 Å². The minimum Gasteiger partial charge on any atom is -0.493 e. The van der Waals surface area contributed by atoms with E-state index in [0.29, 0.717) is 29.7 Å². The van der Waals surface area contributed by atoms with Crippen LogP contribution in [-0.4, -0.2) is 49.1 Å². The fourth-order valence-corrected chi connectivity index (χ4v) is 2.86. The molecular weight excluding hydrogens is 292 g/mol. The Balaban J connectivity index is 1.87. The van der Waals surface area contributed by atoms with E-state index in [2.05, 4.69) is 5.32 Å². The Morgan fingerprint density at radius 2 is 2.10 bits per heavy atom. The first kappa shape index (κ1) is 15.5. The maximum Gasteiger partial charge on any atom is 0.239 e. The first-order chi connectivity index (χ1) is 10.1. The van der Waals surface area contributed by atoms with Gasteiger partial charge in [0.15, 0.2) is 11.5 Å². The van der Waals surface area contributed by atoms with Crippen LogP contribution in [0.5, 0.6) is 11.5 Å². The molecule has 2 amide bonds. The van der Waals surface area contributed by atoms with Crippen molar-refractivity contribution in [3.63, 3.8) is 0 Å². The Morgan fingerprint density at radius 3 is 2.71 bits per heavy atom. The molecule has 0 atom stereocenters. The molecule has 1 aromatic carbocycles. The summed E-state index contributed by atoms with van der Waals surface area (Å²) in [6.45, 7) is 0.494. The second-order valence-electron chi connectivity index (χ2n) is 4.54. The summed E-state index contributed by atoms with van der Waals surface area (Å²) >= 11 is 1.52. The SMILES string of the molecule is COc1ccc(CNC(=O)CN2CSCC2=O)cc1OC. The largest absolute Gasteiger partial charge is 0.493 e. The highest BCUT2D eigenvalue weighted by atomic mass is 32.2. The molecule has 1 aromatic rings. The zero-order valence-corrected chi connectivity index (χ0v) is 12.9. The third-order valence-electron chi connectivity index (χ3n) is 3.10. The Labute approximate surface area is 127 Å². The van der Waals surface area contributed by atoms with Gasteiger partial charge in [0.1, 0.15) is 6.54 Å². The van der Waals surface area contributed by atoms with Crippen molar-refractivity contribution < 1.29 is 19.1 Å². The van der Waals surface area contributed by atoms with Gasteiger partial charge in [0.05, 0.1) is 25.8 Å². The highest BCUT2D eigenvalue weighted by molar-refractivity contribution is 8.00. The predicted molar refractivity (Wildman–Crippen MR) is 80.4 cm³/mol. The molecule has 1 fully saturated rings. The van der Waals surface area contributed by atoms with Gasteiger partial charge in [0.2, 0.25) is 11.8 Å². The molecule has 1 aliphatic rings. The second-order valence-corrected chi connectivity index (χ2v) is 5.49. The van der Waals surface area contributed by atoms with E-state index >= 15 is 0 Å². The Hall–Kier alpha value is -1.89. The zero-order chi connectivity index (χ0) is 15.2. The van der Waals surface area contributed by atoms with E-state index < -0.39 is 0 Å². The van der Waals surface area contributed by atoms with Crippen LogP contribution in [0.15, 0.2) is 18.2 Å². The standard InChI is InChI=1S/C14H18N2O4S/c1-19-11-4-3-10(5-12(11)20-2)6-15-13(17)7-16-9-21-8-14(16)18/h3-5H,6-9H2,1-2H3,(H,15,17). The van der Waals surface area contributed by atoms with Gasteiger partial charge in [0.25, 0.3) is 0 Å². The summed E-state index contributed by atoms with van der Waals surface area (Å²) in [4.78, 5) is 24.8. The van der Waals surface area contributed by atoms with Gasteiger partial charge >= 0.3 is 0 Å².